The van der Waals surface area contributed by atoms with Gasteiger partial charge >= 0.3 is 0 Å². The van der Waals surface area contributed by atoms with E-state index in [2.05, 4.69) is 0 Å². The van der Waals surface area contributed by atoms with E-state index in [1.807, 2.05) is 18.2 Å². The molecule has 0 unspecified atom stereocenters. The Labute approximate surface area is 128 Å². The first-order valence-corrected chi connectivity index (χ1v) is 7.28. The monoisotopic (exact) mass is 302 g/mol. The quantitative estimate of drug-likeness (QED) is 0.806. The van der Waals surface area contributed by atoms with Crippen LogP contribution in [0, 0.1) is 0 Å². The number of ether oxygens (including phenoxy) is 2. The van der Waals surface area contributed by atoms with E-state index < -0.39 is 0 Å². The number of hydrogen-bond donors (Lipinski definition) is 0. The Bertz CT molecular complexity index is 667. The minimum Gasteiger partial charge on any atom is -0.490 e. The topological polar surface area (TPSA) is 35.5 Å². The molecular weight excluding hydrogens is 288 g/mol. The van der Waals surface area contributed by atoms with Crippen LogP contribution in [0.2, 0.25) is 5.02 Å². The highest BCUT2D eigenvalue weighted by Crippen LogP contribution is 2.31. The van der Waals surface area contributed by atoms with E-state index in [9.17, 15) is 4.79 Å². The van der Waals surface area contributed by atoms with Crippen LogP contribution in [0.4, 0.5) is 0 Å². The fourth-order valence-electron chi connectivity index (χ4n) is 2.25. The molecule has 3 nitrogen and oxygen atoms in total. The molecule has 0 N–H and O–H groups in total. The van der Waals surface area contributed by atoms with Crippen molar-refractivity contribution in [2.24, 2.45) is 0 Å². The summed E-state index contributed by atoms with van der Waals surface area (Å²) >= 11 is 6.10. The van der Waals surface area contributed by atoms with E-state index >= 15 is 0 Å². The van der Waals surface area contributed by atoms with Crippen molar-refractivity contribution in [3.63, 3.8) is 0 Å². The van der Waals surface area contributed by atoms with Gasteiger partial charge in [-0.2, -0.15) is 0 Å². The number of Topliss-reactive ketones (excluding diaryl/α,β-unsaturated/α-hetero) is 1. The highest BCUT2D eigenvalue weighted by Gasteiger charge is 2.15. The Kier molecular flexibility index (Phi) is 4.11. The third kappa shape index (κ3) is 3.19. The van der Waals surface area contributed by atoms with Crippen molar-refractivity contribution in [3.05, 3.63) is 58.6 Å². The molecule has 0 fully saturated rings. The molecule has 2 aromatic rings. The van der Waals surface area contributed by atoms with Gasteiger partial charge in [-0.25, -0.2) is 0 Å². The molecule has 0 saturated heterocycles. The second kappa shape index (κ2) is 6.19. The van der Waals surface area contributed by atoms with Crippen LogP contribution in [0.3, 0.4) is 0 Å². The molecule has 3 rings (SSSR count). The largest absolute Gasteiger partial charge is 0.490 e. The minimum atomic E-state index is 0.0127. The molecule has 0 bridgehead atoms. The maximum atomic E-state index is 12.4. The molecule has 1 aliphatic rings. The summed E-state index contributed by atoms with van der Waals surface area (Å²) in [6, 6.07) is 12.7. The molecule has 0 spiro atoms. The fraction of sp³-hybridized carbons (Fsp3) is 0.235. The SMILES string of the molecule is O=C(Cc1ccccc1Cl)c1ccc2c(c1)OCCCO2. The summed E-state index contributed by atoms with van der Waals surface area (Å²) in [4.78, 5) is 12.4. The van der Waals surface area contributed by atoms with Crippen LogP contribution in [-0.4, -0.2) is 19.0 Å². The van der Waals surface area contributed by atoms with Gasteiger partial charge in [-0.3, -0.25) is 4.79 Å². The van der Waals surface area contributed by atoms with Gasteiger partial charge in [0.15, 0.2) is 17.3 Å². The molecule has 0 aromatic heterocycles. The Morgan fingerprint density at radius 2 is 1.81 bits per heavy atom. The highest BCUT2D eigenvalue weighted by atomic mass is 35.5. The summed E-state index contributed by atoms with van der Waals surface area (Å²) < 4.78 is 11.2. The second-order valence-electron chi connectivity index (χ2n) is 4.90. The van der Waals surface area contributed by atoms with E-state index in [4.69, 9.17) is 21.1 Å². The third-order valence-corrected chi connectivity index (χ3v) is 3.75. The first-order chi connectivity index (χ1) is 10.2. The lowest BCUT2D eigenvalue weighted by Gasteiger charge is -2.09. The molecule has 2 aromatic carbocycles. The van der Waals surface area contributed by atoms with Crippen molar-refractivity contribution in [2.45, 2.75) is 12.8 Å². The minimum absolute atomic E-state index is 0.0127. The number of hydrogen-bond acceptors (Lipinski definition) is 3. The van der Waals surface area contributed by atoms with Crippen molar-refractivity contribution in [1.29, 1.82) is 0 Å². The van der Waals surface area contributed by atoms with Gasteiger partial charge in [-0.15, -0.1) is 0 Å². The van der Waals surface area contributed by atoms with Gasteiger partial charge in [0.25, 0.3) is 0 Å². The normalized spacial score (nSPS) is 13.6. The van der Waals surface area contributed by atoms with E-state index in [1.54, 1.807) is 24.3 Å². The molecule has 0 saturated carbocycles. The smallest absolute Gasteiger partial charge is 0.167 e. The summed E-state index contributed by atoms with van der Waals surface area (Å²) in [6.45, 7) is 1.25. The van der Waals surface area contributed by atoms with E-state index in [1.165, 1.54) is 0 Å². The van der Waals surface area contributed by atoms with E-state index in [0.29, 0.717) is 35.3 Å². The summed E-state index contributed by atoms with van der Waals surface area (Å²) in [5.41, 5.74) is 1.44. The molecule has 0 amide bonds. The zero-order valence-corrected chi connectivity index (χ0v) is 12.2. The van der Waals surface area contributed by atoms with Gasteiger partial charge in [0.2, 0.25) is 0 Å². The van der Waals surface area contributed by atoms with Crippen molar-refractivity contribution in [1.82, 2.24) is 0 Å². The molecule has 4 heteroatoms. The average molecular weight is 303 g/mol. The highest BCUT2D eigenvalue weighted by molar-refractivity contribution is 6.31. The molecule has 1 heterocycles. The number of benzene rings is 2. The fourth-order valence-corrected chi connectivity index (χ4v) is 2.46. The van der Waals surface area contributed by atoms with Crippen molar-refractivity contribution in [2.75, 3.05) is 13.2 Å². The summed E-state index contributed by atoms with van der Waals surface area (Å²) in [5.74, 6) is 1.35. The van der Waals surface area contributed by atoms with Crippen LogP contribution < -0.4 is 9.47 Å². The predicted octanol–water partition coefficient (Wildman–Crippen LogP) is 3.93. The van der Waals surface area contributed by atoms with Crippen LogP contribution in [0.5, 0.6) is 11.5 Å². The number of halogens is 1. The van der Waals surface area contributed by atoms with Gasteiger partial charge in [-0.05, 0) is 29.8 Å². The lowest BCUT2D eigenvalue weighted by atomic mass is 10.0. The Hall–Kier alpha value is -2.00. The molecule has 0 atom stereocenters. The van der Waals surface area contributed by atoms with Crippen molar-refractivity contribution < 1.29 is 14.3 Å². The Balaban J connectivity index is 1.82. The lowest BCUT2D eigenvalue weighted by Crippen LogP contribution is -2.05. The van der Waals surface area contributed by atoms with Crippen LogP contribution in [0.15, 0.2) is 42.5 Å². The van der Waals surface area contributed by atoms with Crippen LogP contribution in [-0.2, 0) is 6.42 Å². The summed E-state index contributed by atoms with van der Waals surface area (Å²) in [7, 11) is 0. The number of carbonyl (C=O) groups excluding carboxylic acids is 1. The van der Waals surface area contributed by atoms with Gasteiger partial charge in [-0.1, -0.05) is 29.8 Å². The third-order valence-electron chi connectivity index (χ3n) is 3.38. The zero-order valence-electron chi connectivity index (χ0n) is 11.5. The molecule has 0 radical (unpaired) electrons. The molecule has 1 aliphatic heterocycles. The first kappa shape index (κ1) is 14.0. The van der Waals surface area contributed by atoms with Crippen LogP contribution in [0.1, 0.15) is 22.3 Å². The number of fused-ring (bicyclic) bond motifs is 1. The van der Waals surface area contributed by atoms with Gasteiger partial charge in [0.1, 0.15) is 0 Å². The van der Waals surface area contributed by atoms with Crippen LogP contribution >= 0.6 is 11.6 Å². The van der Waals surface area contributed by atoms with Gasteiger partial charge < -0.3 is 9.47 Å². The Morgan fingerprint density at radius 1 is 1.05 bits per heavy atom. The van der Waals surface area contributed by atoms with Crippen LogP contribution in [0.25, 0.3) is 0 Å². The number of ketones is 1. The van der Waals surface area contributed by atoms with Gasteiger partial charge in [0.05, 0.1) is 13.2 Å². The molecular formula is C17H15ClO3. The lowest BCUT2D eigenvalue weighted by molar-refractivity contribution is 0.0992. The number of rotatable bonds is 3. The summed E-state index contributed by atoms with van der Waals surface area (Å²) in [5, 5.41) is 0.611. The van der Waals surface area contributed by atoms with E-state index in [0.717, 1.165) is 12.0 Å². The molecule has 108 valence electrons. The second-order valence-corrected chi connectivity index (χ2v) is 5.31. The maximum Gasteiger partial charge on any atom is 0.167 e. The zero-order chi connectivity index (χ0) is 14.7. The predicted molar refractivity (Wildman–Crippen MR) is 81.5 cm³/mol. The molecule has 21 heavy (non-hydrogen) atoms. The summed E-state index contributed by atoms with van der Waals surface area (Å²) in [6.07, 6.45) is 1.12. The average Bonchev–Trinajstić information content (AvgIpc) is 2.74. The number of carbonyl (C=O) groups is 1. The maximum absolute atomic E-state index is 12.4. The van der Waals surface area contributed by atoms with Gasteiger partial charge in [0, 0.05) is 23.4 Å². The Morgan fingerprint density at radius 3 is 2.62 bits per heavy atom. The van der Waals surface area contributed by atoms with Crippen molar-refractivity contribution >= 4 is 17.4 Å². The first-order valence-electron chi connectivity index (χ1n) is 6.90. The standard InChI is InChI=1S/C17H15ClO3/c18-14-5-2-1-4-12(14)10-15(19)13-6-7-16-17(11-13)21-9-3-8-20-16/h1-2,4-7,11H,3,8-10H2. The van der Waals surface area contributed by atoms with Crippen molar-refractivity contribution in [3.8, 4) is 11.5 Å². The molecule has 0 aliphatic carbocycles. The van der Waals surface area contributed by atoms with E-state index in [-0.39, 0.29) is 12.2 Å².